The smallest absolute Gasteiger partial charge is 0.280 e. The van der Waals surface area contributed by atoms with Gasteiger partial charge < -0.3 is 16.2 Å². The molecule has 0 radical (unpaired) electrons. The molecule has 5 heteroatoms. The minimum absolute atomic E-state index is 0.0405. The van der Waals surface area contributed by atoms with Gasteiger partial charge >= 0.3 is 0 Å². The van der Waals surface area contributed by atoms with Crippen LogP contribution in [0.1, 0.15) is 34.1 Å². The number of hydrogen-bond acceptors (Lipinski definition) is 2. The predicted molar refractivity (Wildman–Crippen MR) is 55.8 cm³/mol. The molecule has 0 aromatic heterocycles. The number of carbonyl (C=O) groups excluding carboxylic acids is 1. The maximum absolute atomic E-state index is 11.3. The zero-order valence-corrected chi connectivity index (χ0v) is 9.16. The lowest BCUT2D eigenvalue weighted by atomic mass is 10.0. The third kappa shape index (κ3) is 4.23. The summed E-state index contributed by atoms with van der Waals surface area (Å²) in [6.07, 6.45) is 0.310. The third-order valence-electron chi connectivity index (χ3n) is 1.81. The Balaban J connectivity index is 4.43. The van der Waals surface area contributed by atoms with Gasteiger partial charge in [0.2, 0.25) is 0 Å². The molecule has 0 fully saturated rings. The van der Waals surface area contributed by atoms with Crippen molar-refractivity contribution in [1.82, 2.24) is 5.32 Å². The second-order valence-corrected chi connectivity index (χ2v) is 3.73. The highest BCUT2D eigenvalue weighted by molar-refractivity contribution is 5.96. The highest BCUT2D eigenvalue weighted by Gasteiger charge is 2.27. The molecule has 4 N–H and O–H groups in total. The van der Waals surface area contributed by atoms with E-state index in [0.29, 0.717) is 6.42 Å². The third-order valence-corrected chi connectivity index (χ3v) is 1.81. The van der Waals surface area contributed by atoms with Crippen molar-refractivity contribution in [2.24, 2.45) is 10.7 Å². The van der Waals surface area contributed by atoms with E-state index in [-0.39, 0.29) is 12.0 Å². The normalized spacial score (nSPS) is 16.6. The van der Waals surface area contributed by atoms with Crippen LogP contribution in [-0.4, -0.2) is 28.6 Å². The van der Waals surface area contributed by atoms with Crippen LogP contribution >= 0.6 is 0 Å². The van der Waals surface area contributed by atoms with Gasteiger partial charge in [-0.2, -0.15) is 4.99 Å². The Bertz CT molecular complexity index is 234. The molecule has 0 aliphatic rings. The molecule has 14 heavy (non-hydrogen) atoms. The highest BCUT2D eigenvalue weighted by atomic mass is 16.3. The molecule has 0 aromatic rings. The zero-order chi connectivity index (χ0) is 11.4. The number of amides is 1. The van der Waals surface area contributed by atoms with Crippen LogP contribution < -0.4 is 11.1 Å². The topological polar surface area (TPSA) is 87.7 Å². The number of nitrogens with zero attached hydrogens (tertiary/aromatic N) is 1. The van der Waals surface area contributed by atoms with Crippen molar-refractivity contribution >= 4 is 11.9 Å². The molecule has 0 rings (SSSR count). The number of guanidine groups is 1. The average molecular weight is 201 g/mol. The summed E-state index contributed by atoms with van der Waals surface area (Å²) in [6.45, 7) is 6.89. The Labute approximate surface area is 84.4 Å². The van der Waals surface area contributed by atoms with Crippen LogP contribution in [-0.2, 0) is 4.79 Å². The van der Waals surface area contributed by atoms with Gasteiger partial charge in [-0.25, -0.2) is 0 Å². The van der Waals surface area contributed by atoms with Crippen LogP contribution in [0.5, 0.6) is 0 Å². The van der Waals surface area contributed by atoms with Crippen molar-refractivity contribution < 1.29 is 9.90 Å². The van der Waals surface area contributed by atoms with E-state index in [1.807, 2.05) is 13.8 Å². The van der Waals surface area contributed by atoms with Crippen LogP contribution in [0.2, 0.25) is 0 Å². The number of aliphatic imine (C=N–C) groups is 1. The molecule has 1 amide bonds. The minimum atomic E-state index is -1.43. The second kappa shape index (κ2) is 4.95. The molecule has 0 bridgehead atoms. The van der Waals surface area contributed by atoms with E-state index in [4.69, 9.17) is 5.73 Å². The number of aliphatic hydroxyl groups is 1. The van der Waals surface area contributed by atoms with Gasteiger partial charge in [0.05, 0.1) is 0 Å². The van der Waals surface area contributed by atoms with Gasteiger partial charge in [0.25, 0.3) is 5.91 Å². The first-order valence-corrected chi connectivity index (χ1v) is 4.67. The molecule has 0 aromatic carbocycles. The fourth-order valence-electron chi connectivity index (χ4n) is 0.709. The van der Waals surface area contributed by atoms with Gasteiger partial charge in [0.1, 0.15) is 5.60 Å². The molecule has 1 atom stereocenters. The SMILES string of the molecule is CCC(C)(O)C(=O)/N=C(\N)NC(C)C. The van der Waals surface area contributed by atoms with Crippen molar-refractivity contribution in [3.63, 3.8) is 0 Å². The zero-order valence-electron chi connectivity index (χ0n) is 9.16. The van der Waals surface area contributed by atoms with E-state index >= 15 is 0 Å². The number of nitrogens with one attached hydrogen (secondary N) is 1. The van der Waals surface area contributed by atoms with Crippen LogP contribution in [0.4, 0.5) is 0 Å². The Morgan fingerprint density at radius 3 is 2.50 bits per heavy atom. The van der Waals surface area contributed by atoms with Crippen LogP contribution in [0, 0.1) is 0 Å². The number of rotatable bonds is 3. The molecule has 82 valence electrons. The first-order chi connectivity index (χ1) is 6.29. The lowest BCUT2D eigenvalue weighted by Gasteiger charge is -2.17. The van der Waals surface area contributed by atoms with E-state index in [1.165, 1.54) is 6.92 Å². The first kappa shape index (κ1) is 12.9. The van der Waals surface area contributed by atoms with Crippen molar-refractivity contribution in [2.45, 2.75) is 45.8 Å². The molecule has 0 heterocycles. The summed E-state index contributed by atoms with van der Waals surface area (Å²) in [4.78, 5) is 14.9. The first-order valence-electron chi connectivity index (χ1n) is 4.67. The molecule has 0 aliphatic carbocycles. The molecule has 0 saturated carbocycles. The van der Waals surface area contributed by atoms with E-state index in [9.17, 15) is 9.90 Å². The Hall–Kier alpha value is -1.10. The van der Waals surface area contributed by atoms with E-state index in [0.717, 1.165) is 0 Å². The number of hydrogen-bond donors (Lipinski definition) is 3. The summed E-state index contributed by atoms with van der Waals surface area (Å²) in [5.74, 6) is -0.579. The largest absolute Gasteiger partial charge is 0.380 e. The summed E-state index contributed by atoms with van der Waals surface area (Å²) in [5.41, 5.74) is 4.01. The fourth-order valence-corrected chi connectivity index (χ4v) is 0.709. The van der Waals surface area contributed by atoms with Gasteiger partial charge in [-0.1, -0.05) is 6.92 Å². The standard InChI is InChI=1S/C9H19N3O2/c1-5-9(4,14)7(13)12-8(10)11-6(2)3/h6,14H,5H2,1-4H3,(H3,10,11,12,13). The van der Waals surface area contributed by atoms with E-state index in [1.54, 1.807) is 6.92 Å². The Morgan fingerprint density at radius 2 is 2.14 bits per heavy atom. The summed E-state index contributed by atoms with van der Waals surface area (Å²) in [6, 6.07) is 0.109. The molecular formula is C9H19N3O2. The van der Waals surface area contributed by atoms with Gasteiger partial charge in [0, 0.05) is 6.04 Å². The summed E-state index contributed by atoms with van der Waals surface area (Å²) in [5, 5.41) is 12.3. The second-order valence-electron chi connectivity index (χ2n) is 3.73. The van der Waals surface area contributed by atoms with Crippen molar-refractivity contribution in [3.8, 4) is 0 Å². The summed E-state index contributed by atoms with van der Waals surface area (Å²) < 4.78 is 0. The monoisotopic (exact) mass is 201 g/mol. The highest BCUT2D eigenvalue weighted by Crippen LogP contribution is 2.09. The van der Waals surface area contributed by atoms with Crippen molar-refractivity contribution in [1.29, 1.82) is 0 Å². The maximum atomic E-state index is 11.3. The molecule has 1 unspecified atom stereocenters. The molecule has 0 aliphatic heterocycles. The number of nitrogens with two attached hydrogens (primary N) is 1. The summed E-state index contributed by atoms with van der Waals surface area (Å²) in [7, 11) is 0. The minimum Gasteiger partial charge on any atom is -0.380 e. The quantitative estimate of drug-likeness (QED) is 0.442. The van der Waals surface area contributed by atoms with E-state index in [2.05, 4.69) is 10.3 Å². The van der Waals surface area contributed by atoms with E-state index < -0.39 is 11.5 Å². The summed E-state index contributed by atoms with van der Waals surface area (Å²) >= 11 is 0. The Kier molecular flexibility index (Phi) is 4.56. The molecule has 0 saturated heterocycles. The average Bonchev–Trinajstić information content (AvgIpc) is 2.02. The maximum Gasteiger partial charge on any atom is 0.280 e. The van der Waals surface area contributed by atoms with Gasteiger partial charge in [0.15, 0.2) is 5.96 Å². The Morgan fingerprint density at radius 1 is 1.64 bits per heavy atom. The molecule has 5 nitrogen and oxygen atoms in total. The van der Waals surface area contributed by atoms with Crippen molar-refractivity contribution in [2.75, 3.05) is 0 Å². The molecule has 0 spiro atoms. The van der Waals surface area contributed by atoms with Gasteiger partial charge in [-0.15, -0.1) is 0 Å². The van der Waals surface area contributed by atoms with Crippen LogP contribution in [0.15, 0.2) is 4.99 Å². The van der Waals surface area contributed by atoms with Gasteiger partial charge in [-0.05, 0) is 27.2 Å². The lowest BCUT2D eigenvalue weighted by Crippen LogP contribution is -2.40. The lowest BCUT2D eigenvalue weighted by molar-refractivity contribution is -0.134. The van der Waals surface area contributed by atoms with Gasteiger partial charge in [-0.3, -0.25) is 4.79 Å². The van der Waals surface area contributed by atoms with Crippen LogP contribution in [0.25, 0.3) is 0 Å². The molecular weight excluding hydrogens is 182 g/mol. The fraction of sp³-hybridized carbons (Fsp3) is 0.778. The number of carbonyl (C=O) groups is 1. The predicted octanol–water partition coefficient (Wildman–Crippen LogP) is -0.0133. The van der Waals surface area contributed by atoms with Crippen LogP contribution in [0.3, 0.4) is 0 Å². The van der Waals surface area contributed by atoms with Crippen molar-refractivity contribution in [3.05, 3.63) is 0 Å².